The number of hydrogen-bond acceptors (Lipinski definition) is 4. The van der Waals surface area contributed by atoms with Gasteiger partial charge in [-0.1, -0.05) is 6.92 Å². The van der Waals surface area contributed by atoms with E-state index < -0.39 is 11.6 Å². The molecule has 2 unspecified atom stereocenters. The average Bonchev–Trinajstić information content (AvgIpc) is 2.94. The zero-order valence-corrected chi connectivity index (χ0v) is 12.3. The molecule has 1 aliphatic heterocycles. The zero-order valence-electron chi connectivity index (χ0n) is 12.3. The molecule has 0 spiro atoms. The second-order valence-electron chi connectivity index (χ2n) is 5.84. The Kier molecular flexibility index (Phi) is 4.22. The number of oxazole rings is 1. The van der Waals surface area contributed by atoms with Crippen LogP contribution >= 0.6 is 0 Å². The molecule has 1 aromatic carbocycles. The fourth-order valence-electron chi connectivity index (χ4n) is 2.63. The van der Waals surface area contributed by atoms with Gasteiger partial charge in [0, 0.05) is 18.7 Å². The van der Waals surface area contributed by atoms with Gasteiger partial charge in [0.05, 0.1) is 11.8 Å². The van der Waals surface area contributed by atoms with Gasteiger partial charge in [-0.3, -0.25) is 4.90 Å². The summed E-state index contributed by atoms with van der Waals surface area (Å²) in [5.74, 6) is -1.25. The first-order chi connectivity index (χ1) is 10.5. The van der Waals surface area contributed by atoms with Crippen LogP contribution in [0.25, 0.3) is 11.5 Å². The lowest BCUT2D eigenvalue weighted by atomic mass is 9.96. The van der Waals surface area contributed by atoms with Crippen molar-refractivity contribution in [1.82, 2.24) is 9.88 Å². The number of benzene rings is 1. The second-order valence-corrected chi connectivity index (χ2v) is 5.84. The standard InChI is InChI=1S/C16H18F2N2O2/c1-10-4-5-20(8-15(10)21)7-12-9-22-16(19-12)11-2-3-13(17)14(18)6-11/h2-3,6,9-10,15,21H,4-5,7-8H2,1H3. The first-order valence-corrected chi connectivity index (χ1v) is 7.33. The van der Waals surface area contributed by atoms with Crippen molar-refractivity contribution in [2.45, 2.75) is 26.0 Å². The number of hydrogen-bond donors (Lipinski definition) is 1. The molecule has 1 N–H and O–H groups in total. The van der Waals surface area contributed by atoms with E-state index in [1.165, 1.54) is 12.3 Å². The first kappa shape index (κ1) is 15.1. The van der Waals surface area contributed by atoms with Crippen LogP contribution in [0.1, 0.15) is 19.0 Å². The van der Waals surface area contributed by atoms with Crippen LogP contribution in [0.2, 0.25) is 0 Å². The highest BCUT2D eigenvalue weighted by Gasteiger charge is 2.24. The summed E-state index contributed by atoms with van der Waals surface area (Å²) in [6.45, 7) is 4.11. The Morgan fingerprint density at radius 1 is 1.36 bits per heavy atom. The summed E-state index contributed by atoms with van der Waals surface area (Å²) in [5.41, 5.74) is 1.11. The van der Waals surface area contributed by atoms with Gasteiger partial charge in [0.25, 0.3) is 0 Å². The number of β-amino-alcohol motifs (C(OH)–C–C–N with tert-alkyl or cyclic N) is 1. The summed E-state index contributed by atoms with van der Waals surface area (Å²) >= 11 is 0. The van der Waals surface area contributed by atoms with Crippen molar-refractivity contribution >= 4 is 0 Å². The van der Waals surface area contributed by atoms with Gasteiger partial charge in [-0.2, -0.15) is 0 Å². The Bertz CT molecular complexity index is 659. The number of piperidine rings is 1. The van der Waals surface area contributed by atoms with Crippen molar-refractivity contribution in [3.63, 3.8) is 0 Å². The van der Waals surface area contributed by atoms with Crippen LogP contribution < -0.4 is 0 Å². The van der Waals surface area contributed by atoms with Crippen LogP contribution in [-0.4, -0.2) is 34.2 Å². The Hall–Kier alpha value is -1.79. The van der Waals surface area contributed by atoms with Crippen LogP contribution in [0.3, 0.4) is 0 Å². The van der Waals surface area contributed by atoms with Gasteiger partial charge in [0.15, 0.2) is 11.6 Å². The molecule has 1 aromatic heterocycles. The van der Waals surface area contributed by atoms with Crippen LogP contribution in [0.5, 0.6) is 0 Å². The van der Waals surface area contributed by atoms with E-state index >= 15 is 0 Å². The summed E-state index contributed by atoms with van der Waals surface area (Å²) in [6.07, 6.45) is 2.13. The monoisotopic (exact) mass is 308 g/mol. The van der Waals surface area contributed by atoms with E-state index in [4.69, 9.17) is 4.42 Å². The Balaban J connectivity index is 1.70. The highest BCUT2D eigenvalue weighted by Crippen LogP contribution is 2.23. The number of aliphatic hydroxyl groups is 1. The Labute approximate surface area is 127 Å². The topological polar surface area (TPSA) is 49.5 Å². The highest BCUT2D eigenvalue weighted by molar-refractivity contribution is 5.53. The van der Waals surface area contributed by atoms with Gasteiger partial charge in [0.1, 0.15) is 6.26 Å². The smallest absolute Gasteiger partial charge is 0.226 e. The lowest BCUT2D eigenvalue weighted by Gasteiger charge is -2.33. The number of likely N-dealkylation sites (tertiary alicyclic amines) is 1. The Morgan fingerprint density at radius 3 is 2.91 bits per heavy atom. The largest absolute Gasteiger partial charge is 0.444 e. The van der Waals surface area contributed by atoms with Gasteiger partial charge in [-0.15, -0.1) is 0 Å². The lowest BCUT2D eigenvalue weighted by molar-refractivity contribution is 0.0254. The molecule has 0 saturated carbocycles. The van der Waals surface area contributed by atoms with E-state index in [2.05, 4.69) is 9.88 Å². The number of nitrogens with zero attached hydrogens (tertiary/aromatic N) is 2. The quantitative estimate of drug-likeness (QED) is 0.947. The SMILES string of the molecule is CC1CCN(Cc2coc(-c3ccc(F)c(F)c3)n2)CC1O. The zero-order chi connectivity index (χ0) is 15.7. The highest BCUT2D eigenvalue weighted by atomic mass is 19.2. The number of halogens is 2. The van der Waals surface area contributed by atoms with Crippen molar-refractivity contribution in [1.29, 1.82) is 0 Å². The van der Waals surface area contributed by atoms with E-state index in [9.17, 15) is 13.9 Å². The summed E-state index contributed by atoms with van der Waals surface area (Å²) in [5, 5.41) is 9.90. The third kappa shape index (κ3) is 3.18. The second kappa shape index (κ2) is 6.14. The molecule has 118 valence electrons. The molecule has 6 heteroatoms. The van der Waals surface area contributed by atoms with Crippen molar-refractivity contribution < 1.29 is 18.3 Å². The summed E-state index contributed by atoms with van der Waals surface area (Å²) < 4.78 is 31.5. The van der Waals surface area contributed by atoms with Gasteiger partial charge in [0.2, 0.25) is 5.89 Å². The van der Waals surface area contributed by atoms with E-state index in [1.54, 1.807) is 0 Å². The van der Waals surface area contributed by atoms with Gasteiger partial charge in [-0.25, -0.2) is 13.8 Å². The summed E-state index contributed by atoms with van der Waals surface area (Å²) in [4.78, 5) is 6.42. The van der Waals surface area contributed by atoms with Gasteiger partial charge < -0.3 is 9.52 Å². The van der Waals surface area contributed by atoms with E-state index in [-0.39, 0.29) is 12.0 Å². The van der Waals surface area contributed by atoms with E-state index in [0.717, 1.165) is 25.1 Å². The third-order valence-electron chi connectivity index (χ3n) is 4.11. The van der Waals surface area contributed by atoms with E-state index in [0.29, 0.717) is 30.3 Å². The predicted molar refractivity (Wildman–Crippen MR) is 76.9 cm³/mol. The van der Waals surface area contributed by atoms with Crippen molar-refractivity contribution in [3.05, 3.63) is 41.8 Å². The fraction of sp³-hybridized carbons (Fsp3) is 0.438. The summed E-state index contributed by atoms with van der Waals surface area (Å²) in [6, 6.07) is 3.55. The molecule has 4 nitrogen and oxygen atoms in total. The Morgan fingerprint density at radius 2 is 2.18 bits per heavy atom. The molecule has 0 amide bonds. The minimum Gasteiger partial charge on any atom is -0.444 e. The fourth-order valence-corrected chi connectivity index (χ4v) is 2.63. The maximum Gasteiger partial charge on any atom is 0.226 e. The number of rotatable bonds is 3. The minimum absolute atomic E-state index is 0.264. The molecule has 0 aliphatic carbocycles. The van der Waals surface area contributed by atoms with Crippen molar-refractivity contribution in [3.8, 4) is 11.5 Å². The normalized spacial score (nSPS) is 22.9. The predicted octanol–water partition coefficient (Wildman–Crippen LogP) is 2.82. The molecule has 0 radical (unpaired) electrons. The van der Waals surface area contributed by atoms with Crippen LogP contribution in [0, 0.1) is 17.6 Å². The lowest BCUT2D eigenvalue weighted by Crippen LogP contribution is -2.42. The average molecular weight is 308 g/mol. The molecule has 22 heavy (non-hydrogen) atoms. The molecule has 2 atom stereocenters. The van der Waals surface area contributed by atoms with Crippen LogP contribution in [0.15, 0.2) is 28.9 Å². The van der Waals surface area contributed by atoms with Crippen LogP contribution in [0.4, 0.5) is 8.78 Å². The number of aliphatic hydroxyl groups excluding tert-OH is 1. The summed E-state index contributed by atoms with van der Waals surface area (Å²) in [7, 11) is 0. The molecule has 1 fully saturated rings. The van der Waals surface area contributed by atoms with Crippen molar-refractivity contribution in [2.75, 3.05) is 13.1 Å². The molecular weight excluding hydrogens is 290 g/mol. The first-order valence-electron chi connectivity index (χ1n) is 7.33. The number of aromatic nitrogens is 1. The molecule has 3 rings (SSSR count). The maximum atomic E-state index is 13.2. The van der Waals surface area contributed by atoms with Gasteiger partial charge >= 0.3 is 0 Å². The minimum atomic E-state index is -0.926. The van der Waals surface area contributed by atoms with Crippen molar-refractivity contribution in [2.24, 2.45) is 5.92 Å². The molecule has 0 bridgehead atoms. The molecule has 2 heterocycles. The van der Waals surface area contributed by atoms with E-state index in [1.807, 2.05) is 6.92 Å². The van der Waals surface area contributed by atoms with Crippen LogP contribution in [-0.2, 0) is 6.54 Å². The molecule has 2 aromatic rings. The van der Waals surface area contributed by atoms with Gasteiger partial charge in [-0.05, 0) is 37.1 Å². The third-order valence-corrected chi connectivity index (χ3v) is 4.11. The maximum absolute atomic E-state index is 13.2. The molecule has 1 saturated heterocycles. The molecular formula is C16H18F2N2O2. The molecule has 1 aliphatic rings.